The number of hydrogen-bond donors (Lipinski definition) is 2. The molecule has 39 heavy (non-hydrogen) atoms. The molecule has 1 fully saturated rings. The number of esters is 3. The van der Waals surface area contributed by atoms with Gasteiger partial charge in [-0.25, -0.2) is 0 Å². The molecular weight excluding hydrogens is 522 g/mol. The Morgan fingerprint density at radius 3 is 2.23 bits per heavy atom. The van der Waals surface area contributed by atoms with Gasteiger partial charge in [-0.2, -0.15) is 0 Å². The fourth-order valence-electron chi connectivity index (χ4n) is 3.62. The van der Waals surface area contributed by atoms with Gasteiger partial charge < -0.3 is 39.1 Å². The average molecular weight is 560 g/mol. The Bertz CT molecular complexity index is 881. The molecule has 0 bridgehead atoms. The Kier molecular flexibility index (Phi) is 16.1. The molecule has 0 aromatic heterocycles. The molecule has 0 aromatic carbocycles. The van der Waals surface area contributed by atoms with E-state index >= 15 is 0 Å². The lowest BCUT2D eigenvalue weighted by Gasteiger charge is -2.44. The summed E-state index contributed by atoms with van der Waals surface area (Å²) in [7, 11) is 0. The summed E-state index contributed by atoms with van der Waals surface area (Å²) in [6, 6.07) is -1.05. The quantitative estimate of drug-likeness (QED) is 0.0616. The molecular formula is C23H37N5O11. The van der Waals surface area contributed by atoms with Gasteiger partial charge in [-0.1, -0.05) is 5.11 Å². The number of nitrogens with one attached hydrogen (secondary N) is 2. The third-order valence-electron chi connectivity index (χ3n) is 5.12. The molecule has 220 valence electrons. The van der Waals surface area contributed by atoms with Crippen LogP contribution in [-0.2, 0) is 52.4 Å². The van der Waals surface area contributed by atoms with Gasteiger partial charge >= 0.3 is 17.9 Å². The number of azide groups is 1. The predicted molar refractivity (Wildman–Crippen MR) is 132 cm³/mol. The van der Waals surface area contributed by atoms with E-state index in [0.717, 1.165) is 13.8 Å². The summed E-state index contributed by atoms with van der Waals surface area (Å²) in [6.45, 7) is 5.61. The van der Waals surface area contributed by atoms with Crippen LogP contribution in [0.15, 0.2) is 5.11 Å². The zero-order chi connectivity index (χ0) is 29.2. The number of amides is 2. The monoisotopic (exact) mass is 559 g/mol. The van der Waals surface area contributed by atoms with Gasteiger partial charge in [0.25, 0.3) is 0 Å². The highest BCUT2D eigenvalue weighted by atomic mass is 16.7. The van der Waals surface area contributed by atoms with Crippen molar-refractivity contribution in [2.45, 2.75) is 77.6 Å². The lowest BCUT2D eigenvalue weighted by molar-refractivity contribution is -0.277. The molecule has 2 N–H and O–H groups in total. The first kappa shape index (κ1) is 33.6. The van der Waals surface area contributed by atoms with Gasteiger partial charge in [0.05, 0.1) is 13.2 Å². The number of ether oxygens (including phenoxy) is 6. The van der Waals surface area contributed by atoms with Crippen molar-refractivity contribution < 1.29 is 52.4 Å². The van der Waals surface area contributed by atoms with Gasteiger partial charge in [-0.05, 0) is 18.4 Å². The lowest BCUT2D eigenvalue weighted by atomic mass is 9.96. The molecule has 0 saturated carbocycles. The molecule has 5 atom stereocenters. The summed E-state index contributed by atoms with van der Waals surface area (Å²) in [5.41, 5.74) is 8.18. The maximum absolute atomic E-state index is 12.0. The van der Waals surface area contributed by atoms with E-state index in [4.69, 9.17) is 34.0 Å². The van der Waals surface area contributed by atoms with E-state index < -0.39 is 54.5 Å². The number of hydrogen-bond acceptors (Lipinski definition) is 12. The van der Waals surface area contributed by atoms with Crippen molar-refractivity contribution in [3.63, 3.8) is 0 Å². The fraction of sp³-hybridized carbons (Fsp3) is 0.783. The van der Waals surface area contributed by atoms with E-state index in [-0.39, 0.29) is 45.3 Å². The molecule has 0 aliphatic carbocycles. The number of nitrogens with zero attached hydrogens (tertiary/aromatic N) is 3. The van der Waals surface area contributed by atoms with Crippen LogP contribution in [0.1, 0.15) is 47.0 Å². The molecule has 5 unspecified atom stereocenters. The van der Waals surface area contributed by atoms with Crippen LogP contribution in [-0.4, -0.2) is 99.9 Å². The Morgan fingerprint density at radius 2 is 1.62 bits per heavy atom. The number of carbonyl (C=O) groups excluding carboxylic acids is 5. The largest absolute Gasteiger partial charge is 0.463 e. The minimum absolute atomic E-state index is 0.113. The molecule has 16 nitrogen and oxygen atoms in total. The third kappa shape index (κ3) is 14.3. The molecule has 1 rings (SSSR count). The van der Waals surface area contributed by atoms with Crippen molar-refractivity contribution in [1.29, 1.82) is 0 Å². The Balaban J connectivity index is 2.73. The SMILES string of the molecule is CC(=O)NC1C(OCCCCC(=O)NCCOCCN=[N+]=[N-])OC(COC(C)=O)C(OC(C)=O)C1OC(C)=O. The topological polar surface area (TPSA) is 214 Å². The summed E-state index contributed by atoms with van der Waals surface area (Å²) >= 11 is 0. The highest BCUT2D eigenvalue weighted by molar-refractivity contribution is 5.75. The molecule has 0 aromatic rings. The summed E-state index contributed by atoms with van der Waals surface area (Å²) in [5, 5.41) is 8.65. The molecule has 1 heterocycles. The average Bonchev–Trinajstić information content (AvgIpc) is 2.84. The standard InChI is InChI=1S/C23H37N5O11/c1-14(29)27-20-22(38-17(4)32)21(37-16(3)31)18(13-36-15(2)30)39-23(20)35-10-6-5-7-19(33)25-8-11-34-12-9-26-28-24/h18,20-23H,5-13H2,1-4H3,(H,25,33)(H,27,29). The van der Waals surface area contributed by atoms with Crippen molar-refractivity contribution in [2.75, 3.05) is 39.5 Å². The minimum Gasteiger partial charge on any atom is -0.463 e. The van der Waals surface area contributed by atoms with Crippen LogP contribution in [0.25, 0.3) is 10.4 Å². The second-order valence-corrected chi connectivity index (χ2v) is 8.46. The first-order valence-corrected chi connectivity index (χ1v) is 12.4. The molecule has 1 aliphatic heterocycles. The second kappa shape index (κ2) is 18.7. The molecule has 0 radical (unpaired) electrons. The van der Waals surface area contributed by atoms with E-state index in [1.54, 1.807) is 0 Å². The predicted octanol–water partition coefficient (Wildman–Crippen LogP) is 0.273. The highest BCUT2D eigenvalue weighted by Crippen LogP contribution is 2.28. The van der Waals surface area contributed by atoms with Crippen molar-refractivity contribution in [2.24, 2.45) is 5.11 Å². The smallest absolute Gasteiger partial charge is 0.303 e. The van der Waals surface area contributed by atoms with Crippen LogP contribution >= 0.6 is 0 Å². The van der Waals surface area contributed by atoms with Crippen molar-refractivity contribution in [3.05, 3.63) is 10.4 Å². The van der Waals surface area contributed by atoms with E-state index in [1.165, 1.54) is 13.8 Å². The summed E-state index contributed by atoms with van der Waals surface area (Å²) < 4.78 is 32.7. The summed E-state index contributed by atoms with van der Waals surface area (Å²) in [5.74, 6) is -2.67. The first-order valence-electron chi connectivity index (χ1n) is 12.4. The van der Waals surface area contributed by atoms with Gasteiger partial charge in [0.2, 0.25) is 11.8 Å². The molecule has 2 amide bonds. The van der Waals surface area contributed by atoms with Gasteiger partial charge in [0, 0.05) is 58.7 Å². The minimum atomic E-state index is -1.20. The van der Waals surface area contributed by atoms with E-state index in [1.807, 2.05) is 0 Å². The highest BCUT2D eigenvalue weighted by Gasteiger charge is 2.51. The Morgan fingerprint density at radius 1 is 0.923 bits per heavy atom. The van der Waals surface area contributed by atoms with E-state index in [2.05, 4.69) is 20.7 Å². The molecule has 1 aliphatic rings. The van der Waals surface area contributed by atoms with Crippen LogP contribution in [0.4, 0.5) is 0 Å². The number of unbranched alkanes of at least 4 members (excludes halogenated alkanes) is 1. The van der Waals surface area contributed by atoms with E-state index in [9.17, 15) is 24.0 Å². The molecule has 16 heteroatoms. The lowest BCUT2D eigenvalue weighted by Crippen LogP contribution is -2.66. The van der Waals surface area contributed by atoms with Gasteiger partial charge in [0.15, 0.2) is 18.5 Å². The van der Waals surface area contributed by atoms with Crippen LogP contribution in [0.3, 0.4) is 0 Å². The zero-order valence-electron chi connectivity index (χ0n) is 22.6. The van der Waals surface area contributed by atoms with Crippen LogP contribution < -0.4 is 10.6 Å². The van der Waals surface area contributed by atoms with Crippen molar-refractivity contribution in [3.8, 4) is 0 Å². The maximum atomic E-state index is 12.0. The zero-order valence-corrected chi connectivity index (χ0v) is 22.6. The fourth-order valence-corrected chi connectivity index (χ4v) is 3.62. The maximum Gasteiger partial charge on any atom is 0.303 e. The van der Waals surface area contributed by atoms with Crippen LogP contribution in [0.5, 0.6) is 0 Å². The van der Waals surface area contributed by atoms with Crippen molar-refractivity contribution in [1.82, 2.24) is 10.6 Å². The Hall–Kier alpha value is -3.46. The second-order valence-electron chi connectivity index (χ2n) is 8.46. The summed E-state index contributed by atoms with van der Waals surface area (Å²) in [6.07, 6.45) is -3.46. The van der Waals surface area contributed by atoms with Crippen LogP contribution in [0, 0.1) is 0 Å². The van der Waals surface area contributed by atoms with Gasteiger partial charge in [0.1, 0.15) is 18.8 Å². The normalized spacial score (nSPS) is 22.1. The van der Waals surface area contributed by atoms with Gasteiger partial charge in [-0.3, -0.25) is 24.0 Å². The summed E-state index contributed by atoms with van der Waals surface area (Å²) in [4.78, 5) is 61.5. The molecule has 0 spiro atoms. The van der Waals surface area contributed by atoms with E-state index in [0.29, 0.717) is 19.4 Å². The third-order valence-corrected chi connectivity index (χ3v) is 5.12. The van der Waals surface area contributed by atoms with Crippen LogP contribution in [0.2, 0.25) is 0 Å². The number of rotatable bonds is 17. The first-order chi connectivity index (χ1) is 18.5. The Labute approximate surface area is 225 Å². The number of carbonyl (C=O) groups is 5. The molecule has 1 saturated heterocycles. The van der Waals surface area contributed by atoms with Crippen molar-refractivity contribution >= 4 is 29.7 Å². The van der Waals surface area contributed by atoms with Gasteiger partial charge in [-0.15, -0.1) is 0 Å².